The summed E-state index contributed by atoms with van der Waals surface area (Å²) in [5.74, 6) is 0.214. The third-order valence-corrected chi connectivity index (χ3v) is 8.17. The van der Waals surface area contributed by atoms with Crippen LogP contribution in [0, 0.1) is 0 Å². The Bertz CT molecular complexity index is 954. The second-order valence-electron chi connectivity index (χ2n) is 7.90. The Morgan fingerprint density at radius 1 is 1.07 bits per heavy atom. The van der Waals surface area contributed by atoms with Gasteiger partial charge in [0.15, 0.2) is 5.76 Å². The summed E-state index contributed by atoms with van der Waals surface area (Å²) < 4.78 is 5.34. The van der Waals surface area contributed by atoms with Crippen molar-refractivity contribution in [1.82, 2.24) is 4.90 Å². The Balaban J connectivity index is 1.58. The fraction of sp³-hybridized carbons (Fsp3) is 0.435. The van der Waals surface area contributed by atoms with Crippen LogP contribution >= 0.6 is 22.7 Å². The monoisotopic (exact) mass is 426 g/mol. The Kier molecular flexibility index (Phi) is 5.57. The molecule has 152 valence electrons. The van der Waals surface area contributed by atoms with E-state index in [2.05, 4.69) is 27.7 Å². The van der Waals surface area contributed by atoms with Gasteiger partial charge in [-0.25, -0.2) is 0 Å². The largest absolute Gasteiger partial charge is 0.459 e. The van der Waals surface area contributed by atoms with E-state index in [0.717, 1.165) is 30.9 Å². The van der Waals surface area contributed by atoms with Gasteiger partial charge in [0, 0.05) is 15.3 Å². The number of nitrogens with zero attached hydrogens (tertiary/aromatic N) is 1. The van der Waals surface area contributed by atoms with Crippen molar-refractivity contribution >= 4 is 33.6 Å². The van der Waals surface area contributed by atoms with Crippen LogP contribution in [0.15, 0.2) is 40.3 Å². The van der Waals surface area contributed by atoms with Crippen molar-refractivity contribution in [3.63, 3.8) is 0 Å². The number of hydrogen-bond acceptors (Lipinski definition) is 5. The number of likely N-dealkylation sites (tertiary alicyclic amines) is 1. The second kappa shape index (κ2) is 8.46. The molecule has 1 fully saturated rings. The van der Waals surface area contributed by atoms with E-state index >= 15 is 0 Å². The van der Waals surface area contributed by atoms with E-state index in [-0.39, 0.29) is 11.9 Å². The number of nitrogens with one attached hydrogen (secondary N) is 1. The highest BCUT2D eigenvalue weighted by Gasteiger charge is 2.33. The normalized spacial score (nSPS) is 18.3. The van der Waals surface area contributed by atoms with Gasteiger partial charge in [0.2, 0.25) is 0 Å². The topological polar surface area (TPSA) is 45.5 Å². The third-order valence-electron chi connectivity index (χ3n) is 6.03. The second-order valence-corrected chi connectivity index (χ2v) is 9.98. The predicted molar refractivity (Wildman–Crippen MR) is 119 cm³/mol. The van der Waals surface area contributed by atoms with Crippen molar-refractivity contribution in [2.45, 2.75) is 51.0 Å². The molecule has 1 atom stereocenters. The summed E-state index contributed by atoms with van der Waals surface area (Å²) in [5, 5.41) is 6.40. The van der Waals surface area contributed by atoms with Gasteiger partial charge in [0.1, 0.15) is 5.00 Å². The standard InChI is InChI=1S/C23H26N2O2S2/c26-22(17-9-6-14-27-17)24-23-20(16-8-2-3-10-18(16)29-23)21(19-11-7-15-28-19)25-12-4-1-5-13-25/h6-7,9,11,14-15,21H,1-5,8,10,12-13H2,(H,24,26)/t21-/m0/s1. The van der Waals surface area contributed by atoms with Gasteiger partial charge in [-0.15, -0.1) is 22.7 Å². The lowest BCUT2D eigenvalue weighted by Crippen LogP contribution is -2.34. The molecule has 2 aliphatic rings. The first kappa shape index (κ1) is 19.1. The van der Waals surface area contributed by atoms with Gasteiger partial charge in [-0.05, 0) is 80.8 Å². The maximum atomic E-state index is 12.8. The lowest BCUT2D eigenvalue weighted by atomic mass is 9.90. The lowest BCUT2D eigenvalue weighted by molar-refractivity contribution is 0.0996. The molecule has 0 radical (unpaired) electrons. The van der Waals surface area contributed by atoms with E-state index in [1.165, 1.54) is 53.0 Å². The predicted octanol–water partition coefficient (Wildman–Crippen LogP) is 6.11. The zero-order chi connectivity index (χ0) is 19.6. The van der Waals surface area contributed by atoms with Gasteiger partial charge < -0.3 is 9.73 Å². The van der Waals surface area contributed by atoms with Crippen LogP contribution in [0.25, 0.3) is 0 Å². The number of hydrogen-bond donors (Lipinski definition) is 1. The number of furan rings is 1. The highest BCUT2D eigenvalue weighted by atomic mass is 32.1. The summed E-state index contributed by atoms with van der Waals surface area (Å²) in [7, 11) is 0. The van der Waals surface area contributed by atoms with E-state index in [0.29, 0.717) is 5.76 Å². The van der Waals surface area contributed by atoms with Crippen LogP contribution in [0.5, 0.6) is 0 Å². The number of amides is 1. The van der Waals surface area contributed by atoms with Crippen LogP contribution < -0.4 is 5.32 Å². The molecule has 4 heterocycles. The van der Waals surface area contributed by atoms with Crippen LogP contribution in [0.3, 0.4) is 0 Å². The molecule has 6 heteroatoms. The van der Waals surface area contributed by atoms with Gasteiger partial charge in [-0.1, -0.05) is 12.5 Å². The lowest BCUT2D eigenvalue weighted by Gasteiger charge is -2.35. The molecule has 1 amide bonds. The third kappa shape index (κ3) is 3.81. The molecule has 1 N–H and O–H groups in total. The average Bonchev–Trinajstić information content (AvgIpc) is 3.52. The van der Waals surface area contributed by atoms with Crippen molar-refractivity contribution < 1.29 is 9.21 Å². The van der Waals surface area contributed by atoms with Gasteiger partial charge in [-0.3, -0.25) is 9.69 Å². The minimum absolute atomic E-state index is 0.154. The number of carbonyl (C=O) groups excluding carboxylic acids is 1. The number of anilines is 1. The summed E-state index contributed by atoms with van der Waals surface area (Å²) in [6, 6.07) is 8.13. The fourth-order valence-electron chi connectivity index (χ4n) is 4.67. The highest BCUT2D eigenvalue weighted by molar-refractivity contribution is 7.16. The summed E-state index contributed by atoms with van der Waals surface area (Å²) in [4.78, 5) is 18.3. The van der Waals surface area contributed by atoms with Crippen molar-refractivity contribution in [3.05, 3.63) is 62.6 Å². The summed E-state index contributed by atoms with van der Waals surface area (Å²) in [5.41, 5.74) is 2.83. The maximum Gasteiger partial charge on any atom is 0.291 e. The molecule has 0 bridgehead atoms. The Labute approximate surface area is 179 Å². The fourth-order valence-corrected chi connectivity index (χ4v) is 6.86. The number of rotatable bonds is 5. The summed E-state index contributed by atoms with van der Waals surface area (Å²) in [6.45, 7) is 2.25. The van der Waals surface area contributed by atoms with E-state index in [1.807, 2.05) is 11.3 Å². The smallest absolute Gasteiger partial charge is 0.291 e. The number of aryl methyl sites for hydroxylation is 1. The van der Waals surface area contributed by atoms with Crippen molar-refractivity contribution in [2.24, 2.45) is 0 Å². The molecule has 0 spiro atoms. The Hall–Kier alpha value is -1.89. The molecule has 4 nitrogen and oxygen atoms in total. The molecule has 1 saturated heterocycles. The molecule has 0 aromatic carbocycles. The molecule has 3 aromatic heterocycles. The van der Waals surface area contributed by atoms with E-state index in [1.54, 1.807) is 29.7 Å². The first-order valence-electron chi connectivity index (χ1n) is 10.6. The SMILES string of the molecule is O=C(Nc1sc2c(c1[C@H](c1cccs1)N1CCCCC1)CCCC2)c1ccco1. The number of piperidine rings is 1. The zero-order valence-electron chi connectivity index (χ0n) is 16.5. The molecule has 5 rings (SSSR count). The molecule has 1 aliphatic carbocycles. The van der Waals surface area contributed by atoms with Gasteiger partial charge in [0.25, 0.3) is 5.91 Å². The first-order valence-corrected chi connectivity index (χ1v) is 12.3. The molecular weight excluding hydrogens is 400 g/mol. The Morgan fingerprint density at radius 2 is 1.93 bits per heavy atom. The summed E-state index contributed by atoms with van der Waals surface area (Å²) >= 11 is 3.61. The van der Waals surface area contributed by atoms with Crippen molar-refractivity contribution in [1.29, 1.82) is 0 Å². The minimum atomic E-state index is -0.154. The number of carbonyl (C=O) groups is 1. The minimum Gasteiger partial charge on any atom is -0.459 e. The summed E-state index contributed by atoms with van der Waals surface area (Å²) in [6.07, 6.45) is 10.1. The zero-order valence-corrected chi connectivity index (χ0v) is 18.1. The van der Waals surface area contributed by atoms with E-state index in [4.69, 9.17) is 4.42 Å². The number of fused-ring (bicyclic) bond motifs is 1. The molecule has 0 unspecified atom stereocenters. The van der Waals surface area contributed by atoms with E-state index < -0.39 is 0 Å². The van der Waals surface area contributed by atoms with Crippen molar-refractivity contribution in [2.75, 3.05) is 18.4 Å². The van der Waals surface area contributed by atoms with Gasteiger partial charge >= 0.3 is 0 Å². The number of thiophene rings is 2. The van der Waals surface area contributed by atoms with Crippen LogP contribution in [-0.4, -0.2) is 23.9 Å². The molecule has 0 saturated carbocycles. The van der Waals surface area contributed by atoms with E-state index in [9.17, 15) is 4.79 Å². The van der Waals surface area contributed by atoms with Crippen LogP contribution in [0.2, 0.25) is 0 Å². The van der Waals surface area contributed by atoms with Gasteiger partial charge in [0.05, 0.1) is 12.3 Å². The van der Waals surface area contributed by atoms with Crippen LogP contribution in [-0.2, 0) is 12.8 Å². The highest BCUT2D eigenvalue weighted by Crippen LogP contribution is 2.46. The van der Waals surface area contributed by atoms with Crippen LogP contribution in [0.1, 0.15) is 69.6 Å². The van der Waals surface area contributed by atoms with Gasteiger partial charge in [-0.2, -0.15) is 0 Å². The van der Waals surface area contributed by atoms with Crippen molar-refractivity contribution in [3.8, 4) is 0 Å². The average molecular weight is 427 g/mol. The molecular formula is C23H26N2O2S2. The Morgan fingerprint density at radius 3 is 2.69 bits per heavy atom. The first-order chi connectivity index (χ1) is 14.3. The molecule has 3 aromatic rings. The maximum absolute atomic E-state index is 12.8. The molecule has 29 heavy (non-hydrogen) atoms. The quantitative estimate of drug-likeness (QED) is 0.535. The van der Waals surface area contributed by atoms with Crippen LogP contribution in [0.4, 0.5) is 5.00 Å². The molecule has 1 aliphatic heterocycles.